The van der Waals surface area contributed by atoms with Crippen LogP contribution in [0.25, 0.3) is 0 Å². The number of hydrazone groups is 1. The fraction of sp³-hybridized carbons (Fsp3) is 0.333. The molecule has 1 heterocycles. The van der Waals surface area contributed by atoms with Gasteiger partial charge < -0.3 is 14.8 Å². The number of rotatable bonds is 5. The van der Waals surface area contributed by atoms with Gasteiger partial charge in [0.05, 0.1) is 12.5 Å². The quantitative estimate of drug-likeness (QED) is 0.626. The van der Waals surface area contributed by atoms with E-state index < -0.39 is 5.91 Å². The Labute approximate surface area is 133 Å². The summed E-state index contributed by atoms with van der Waals surface area (Å²) in [5.74, 6) is 0.437. The highest BCUT2D eigenvalue weighted by atomic mass is 16.6. The number of hydrogen-bond acceptors (Lipinski definition) is 6. The number of benzene rings is 1. The molecular weight excluding hydrogens is 300 g/mol. The maximum atomic E-state index is 11.9. The van der Waals surface area contributed by atoms with Crippen LogP contribution in [0.2, 0.25) is 0 Å². The number of amides is 2. The van der Waals surface area contributed by atoms with E-state index in [1.807, 2.05) is 0 Å². The molecule has 1 aliphatic rings. The van der Waals surface area contributed by atoms with Gasteiger partial charge in [-0.25, -0.2) is 5.43 Å². The van der Waals surface area contributed by atoms with Gasteiger partial charge in [0.25, 0.3) is 5.91 Å². The number of carbonyl (C=O) groups excluding carboxylic acids is 2. The highest BCUT2D eigenvalue weighted by Gasteiger charge is 2.13. The van der Waals surface area contributed by atoms with E-state index in [2.05, 4.69) is 15.8 Å². The lowest BCUT2D eigenvalue weighted by Gasteiger charge is -2.19. The first-order chi connectivity index (χ1) is 11.1. The van der Waals surface area contributed by atoms with Crippen LogP contribution in [0.5, 0.6) is 11.5 Å². The molecule has 8 nitrogen and oxygen atoms in total. The van der Waals surface area contributed by atoms with Crippen molar-refractivity contribution in [3.8, 4) is 17.6 Å². The van der Waals surface area contributed by atoms with E-state index in [1.165, 1.54) is 0 Å². The average Bonchev–Trinajstić information content (AvgIpc) is 2.53. The first-order valence-corrected chi connectivity index (χ1v) is 6.97. The topological polar surface area (TPSA) is 113 Å². The molecule has 2 rings (SSSR count). The average molecular weight is 316 g/mol. The van der Waals surface area contributed by atoms with Gasteiger partial charge in [-0.2, -0.15) is 10.4 Å². The Morgan fingerprint density at radius 1 is 1.26 bits per heavy atom. The van der Waals surface area contributed by atoms with Crippen LogP contribution in [0, 0.1) is 11.3 Å². The molecule has 0 aliphatic carbocycles. The molecule has 0 radical (unpaired) electrons. The number of nitriles is 1. The van der Waals surface area contributed by atoms with Crippen LogP contribution in [0.1, 0.15) is 19.8 Å². The molecule has 0 aromatic heterocycles. The minimum absolute atomic E-state index is 0.0152. The molecule has 8 heteroatoms. The van der Waals surface area contributed by atoms with Crippen molar-refractivity contribution in [3.63, 3.8) is 0 Å². The summed E-state index contributed by atoms with van der Waals surface area (Å²) >= 11 is 0. The van der Waals surface area contributed by atoms with Gasteiger partial charge in [-0.15, -0.1) is 0 Å². The van der Waals surface area contributed by atoms with Gasteiger partial charge in [0.1, 0.15) is 19.6 Å². The van der Waals surface area contributed by atoms with E-state index in [0.717, 1.165) is 0 Å². The molecule has 0 atom stereocenters. The molecule has 1 aromatic carbocycles. The molecular formula is C15H16N4O4. The molecule has 120 valence electrons. The predicted molar refractivity (Wildman–Crippen MR) is 82.2 cm³/mol. The van der Waals surface area contributed by atoms with Crippen molar-refractivity contribution in [2.75, 3.05) is 18.5 Å². The highest BCUT2D eigenvalue weighted by Crippen LogP contribution is 2.32. The lowest BCUT2D eigenvalue weighted by molar-refractivity contribution is -0.120. The Morgan fingerprint density at radius 2 is 2.00 bits per heavy atom. The minimum Gasteiger partial charge on any atom is -0.486 e. The van der Waals surface area contributed by atoms with Crippen LogP contribution in [0.3, 0.4) is 0 Å². The van der Waals surface area contributed by atoms with Crippen molar-refractivity contribution in [3.05, 3.63) is 18.2 Å². The SMILES string of the molecule is C/C(CC(=O)Nc1ccc2c(c1)OCCO2)=N/NC(=O)CC#N. The Balaban J connectivity index is 1.88. The van der Waals surface area contributed by atoms with Gasteiger partial charge in [0, 0.05) is 17.5 Å². The van der Waals surface area contributed by atoms with Crippen LogP contribution < -0.4 is 20.2 Å². The number of nitrogens with one attached hydrogen (secondary N) is 2. The minimum atomic E-state index is -0.515. The number of carbonyl (C=O) groups is 2. The van der Waals surface area contributed by atoms with Crippen molar-refractivity contribution < 1.29 is 19.1 Å². The third-order valence-corrected chi connectivity index (χ3v) is 2.85. The van der Waals surface area contributed by atoms with Crippen molar-refractivity contribution in [2.24, 2.45) is 5.10 Å². The van der Waals surface area contributed by atoms with Gasteiger partial charge >= 0.3 is 0 Å². The van der Waals surface area contributed by atoms with Gasteiger partial charge in [-0.05, 0) is 19.1 Å². The molecule has 0 bridgehead atoms. The third-order valence-electron chi connectivity index (χ3n) is 2.85. The number of hydrogen-bond donors (Lipinski definition) is 2. The molecule has 2 amide bonds. The molecule has 1 aromatic rings. The van der Waals surface area contributed by atoms with Crippen LogP contribution in [-0.2, 0) is 9.59 Å². The molecule has 0 saturated heterocycles. The van der Waals surface area contributed by atoms with E-state index in [1.54, 1.807) is 31.2 Å². The second-order valence-electron chi connectivity index (χ2n) is 4.80. The van der Waals surface area contributed by atoms with Gasteiger partial charge in [-0.3, -0.25) is 9.59 Å². The third kappa shape index (κ3) is 5.00. The Hall–Kier alpha value is -3.08. The van der Waals surface area contributed by atoms with E-state index in [0.29, 0.717) is 36.1 Å². The van der Waals surface area contributed by atoms with E-state index in [4.69, 9.17) is 14.7 Å². The fourth-order valence-electron chi connectivity index (χ4n) is 1.87. The van der Waals surface area contributed by atoms with Gasteiger partial charge in [0.15, 0.2) is 11.5 Å². The van der Waals surface area contributed by atoms with Crippen molar-refractivity contribution >= 4 is 23.2 Å². The zero-order valence-electron chi connectivity index (χ0n) is 12.6. The maximum absolute atomic E-state index is 11.9. The maximum Gasteiger partial charge on any atom is 0.254 e. The number of fused-ring (bicyclic) bond motifs is 1. The summed E-state index contributed by atoms with van der Waals surface area (Å²) in [5.41, 5.74) is 3.21. The predicted octanol–water partition coefficient (Wildman–Crippen LogP) is 1.19. The first-order valence-electron chi connectivity index (χ1n) is 6.97. The number of nitrogens with zero attached hydrogens (tertiary/aromatic N) is 2. The van der Waals surface area contributed by atoms with Gasteiger partial charge in [-0.1, -0.05) is 0 Å². The molecule has 0 unspecified atom stereocenters. The van der Waals surface area contributed by atoms with Crippen LogP contribution >= 0.6 is 0 Å². The Bertz CT molecular complexity index is 679. The largest absolute Gasteiger partial charge is 0.486 e. The molecule has 1 aliphatic heterocycles. The lowest BCUT2D eigenvalue weighted by Crippen LogP contribution is -2.21. The summed E-state index contributed by atoms with van der Waals surface area (Å²) in [6.45, 7) is 2.58. The number of ether oxygens (including phenoxy) is 2. The molecule has 2 N–H and O–H groups in total. The molecule has 0 spiro atoms. The zero-order chi connectivity index (χ0) is 16.7. The second-order valence-corrected chi connectivity index (χ2v) is 4.80. The van der Waals surface area contributed by atoms with E-state index in [-0.39, 0.29) is 18.7 Å². The van der Waals surface area contributed by atoms with Crippen molar-refractivity contribution in [1.29, 1.82) is 5.26 Å². The lowest BCUT2D eigenvalue weighted by atomic mass is 10.2. The summed E-state index contributed by atoms with van der Waals surface area (Å²) in [6.07, 6.45) is -0.262. The van der Waals surface area contributed by atoms with Gasteiger partial charge in [0.2, 0.25) is 5.91 Å². The first kappa shape index (κ1) is 16.3. The van der Waals surface area contributed by atoms with E-state index in [9.17, 15) is 9.59 Å². The fourth-order valence-corrected chi connectivity index (χ4v) is 1.87. The summed E-state index contributed by atoms with van der Waals surface area (Å²) in [6, 6.07) is 6.84. The standard InChI is InChI=1S/C15H16N4O4/c1-10(18-19-14(20)4-5-16)8-15(21)17-11-2-3-12-13(9-11)23-7-6-22-12/h2-3,9H,4,6-8H2,1H3,(H,17,21)(H,19,20)/b18-10-. The smallest absolute Gasteiger partial charge is 0.254 e. The van der Waals surface area contributed by atoms with E-state index >= 15 is 0 Å². The van der Waals surface area contributed by atoms with Crippen LogP contribution in [0.15, 0.2) is 23.3 Å². The summed E-state index contributed by atoms with van der Waals surface area (Å²) in [4.78, 5) is 23.0. The summed E-state index contributed by atoms with van der Waals surface area (Å²) in [7, 11) is 0. The highest BCUT2D eigenvalue weighted by molar-refractivity contribution is 6.05. The Morgan fingerprint density at radius 3 is 2.74 bits per heavy atom. The molecule has 0 fully saturated rings. The van der Waals surface area contributed by atoms with Crippen LogP contribution in [-0.4, -0.2) is 30.7 Å². The molecule has 0 saturated carbocycles. The molecule has 23 heavy (non-hydrogen) atoms. The Kier molecular flexibility index (Phi) is 5.52. The second kappa shape index (κ2) is 7.79. The zero-order valence-corrected chi connectivity index (χ0v) is 12.6. The van der Waals surface area contributed by atoms with Crippen molar-refractivity contribution in [2.45, 2.75) is 19.8 Å². The number of anilines is 1. The summed E-state index contributed by atoms with van der Waals surface area (Å²) < 4.78 is 10.8. The van der Waals surface area contributed by atoms with Crippen LogP contribution in [0.4, 0.5) is 5.69 Å². The monoisotopic (exact) mass is 316 g/mol. The normalized spacial score (nSPS) is 13.0. The summed E-state index contributed by atoms with van der Waals surface area (Å²) in [5, 5.41) is 14.8. The van der Waals surface area contributed by atoms with Crippen molar-refractivity contribution in [1.82, 2.24) is 5.43 Å².